The van der Waals surface area contributed by atoms with Gasteiger partial charge in [-0.05, 0) is 42.8 Å². The average Bonchev–Trinajstić information content (AvgIpc) is 2.49. The third-order valence-corrected chi connectivity index (χ3v) is 3.44. The van der Waals surface area contributed by atoms with Gasteiger partial charge in [0.2, 0.25) is 5.91 Å². The fraction of sp³-hybridized carbons (Fsp3) is 0.235. The van der Waals surface area contributed by atoms with Crippen LogP contribution in [0.2, 0.25) is 5.02 Å². The van der Waals surface area contributed by atoms with Gasteiger partial charge in [-0.2, -0.15) is 0 Å². The number of rotatable bonds is 6. The molecule has 0 saturated carbocycles. The van der Waals surface area contributed by atoms with Gasteiger partial charge in [0, 0.05) is 35.4 Å². The number of aryl methyl sites for hydroxylation is 1. The van der Waals surface area contributed by atoms with Crippen LogP contribution in [0.3, 0.4) is 0 Å². The molecule has 0 unspecified atom stereocenters. The average molecular weight is 319 g/mol. The molecule has 0 heterocycles. The van der Waals surface area contributed by atoms with Gasteiger partial charge in [-0.25, -0.2) is 0 Å². The van der Waals surface area contributed by atoms with E-state index in [1.165, 1.54) is 0 Å². The lowest BCUT2D eigenvalue weighted by molar-refractivity contribution is -0.115. The maximum atomic E-state index is 11.9. The predicted octanol–water partition coefficient (Wildman–Crippen LogP) is 4.10. The Hall–Kier alpha value is -2.20. The summed E-state index contributed by atoms with van der Waals surface area (Å²) in [5, 5.41) is 6.79. The van der Waals surface area contributed by atoms with Gasteiger partial charge in [-0.15, -0.1) is 0 Å². The minimum Gasteiger partial charge on any atom is -0.497 e. The largest absolute Gasteiger partial charge is 0.497 e. The van der Waals surface area contributed by atoms with Crippen molar-refractivity contribution in [3.8, 4) is 5.75 Å². The smallest absolute Gasteiger partial charge is 0.226 e. The van der Waals surface area contributed by atoms with E-state index < -0.39 is 0 Å². The first-order chi connectivity index (χ1) is 10.6. The second kappa shape index (κ2) is 7.71. The summed E-state index contributed by atoms with van der Waals surface area (Å²) in [6.45, 7) is 2.53. The highest BCUT2D eigenvalue weighted by molar-refractivity contribution is 6.30. The van der Waals surface area contributed by atoms with Crippen molar-refractivity contribution in [1.29, 1.82) is 0 Å². The van der Waals surface area contributed by atoms with Gasteiger partial charge < -0.3 is 15.4 Å². The molecule has 22 heavy (non-hydrogen) atoms. The van der Waals surface area contributed by atoms with E-state index in [-0.39, 0.29) is 5.91 Å². The van der Waals surface area contributed by atoms with Crippen molar-refractivity contribution in [3.05, 3.63) is 53.1 Å². The Kier molecular flexibility index (Phi) is 5.67. The van der Waals surface area contributed by atoms with Gasteiger partial charge in [-0.3, -0.25) is 4.79 Å². The van der Waals surface area contributed by atoms with Crippen LogP contribution in [-0.2, 0) is 4.79 Å². The van der Waals surface area contributed by atoms with Crippen molar-refractivity contribution >= 4 is 28.9 Å². The molecule has 0 aliphatic heterocycles. The molecular formula is C17H19ClN2O2. The van der Waals surface area contributed by atoms with Crippen molar-refractivity contribution in [2.45, 2.75) is 13.3 Å². The number of carbonyl (C=O) groups excluding carboxylic acids is 1. The van der Waals surface area contributed by atoms with Crippen LogP contribution in [0.5, 0.6) is 5.75 Å². The fourth-order valence-corrected chi connectivity index (χ4v) is 2.29. The van der Waals surface area contributed by atoms with E-state index in [1.54, 1.807) is 13.2 Å². The Bertz CT molecular complexity index is 659. The molecule has 116 valence electrons. The van der Waals surface area contributed by atoms with Crippen molar-refractivity contribution in [1.82, 2.24) is 0 Å². The van der Waals surface area contributed by atoms with Crippen LogP contribution in [0, 0.1) is 6.92 Å². The van der Waals surface area contributed by atoms with Crippen LogP contribution < -0.4 is 15.4 Å². The van der Waals surface area contributed by atoms with Crippen molar-refractivity contribution in [2.24, 2.45) is 0 Å². The molecule has 0 aromatic heterocycles. The molecule has 0 bridgehead atoms. The molecule has 0 aliphatic carbocycles. The lowest BCUT2D eigenvalue weighted by Crippen LogP contribution is -2.16. The maximum Gasteiger partial charge on any atom is 0.226 e. The standard InChI is InChI=1S/C17H19ClN2O2/c1-12-10-13(18)6-7-16(12)19-9-8-17(21)20-14-4-3-5-15(11-14)22-2/h3-7,10-11,19H,8-9H2,1-2H3,(H,20,21). The zero-order chi connectivity index (χ0) is 15.9. The molecule has 4 nitrogen and oxygen atoms in total. The van der Waals surface area contributed by atoms with Crippen molar-refractivity contribution in [2.75, 3.05) is 24.3 Å². The number of benzene rings is 2. The summed E-state index contributed by atoms with van der Waals surface area (Å²) in [6, 6.07) is 12.9. The summed E-state index contributed by atoms with van der Waals surface area (Å²) < 4.78 is 5.12. The molecule has 5 heteroatoms. The topological polar surface area (TPSA) is 50.4 Å². The SMILES string of the molecule is COc1cccc(NC(=O)CCNc2ccc(Cl)cc2C)c1. The minimum atomic E-state index is -0.0487. The summed E-state index contributed by atoms with van der Waals surface area (Å²) in [6.07, 6.45) is 0.374. The van der Waals surface area contributed by atoms with Crippen LogP contribution in [-0.4, -0.2) is 19.6 Å². The summed E-state index contributed by atoms with van der Waals surface area (Å²) in [4.78, 5) is 11.9. The Morgan fingerprint density at radius 3 is 2.77 bits per heavy atom. The predicted molar refractivity (Wildman–Crippen MR) is 90.9 cm³/mol. The first-order valence-electron chi connectivity index (χ1n) is 7.02. The number of hydrogen-bond donors (Lipinski definition) is 2. The van der Waals surface area contributed by atoms with Gasteiger partial charge >= 0.3 is 0 Å². The number of halogens is 1. The summed E-state index contributed by atoms with van der Waals surface area (Å²) >= 11 is 5.91. The third-order valence-electron chi connectivity index (χ3n) is 3.21. The Labute approximate surface area is 135 Å². The minimum absolute atomic E-state index is 0.0487. The highest BCUT2D eigenvalue weighted by atomic mass is 35.5. The first kappa shape index (κ1) is 16.2. The quantitative estimate of drug-likeness (QED) is 0.843. The van der Waals surface area contributed by atoms with E-state index in [1.807, 2.05) is 43.3 Å². The molecule has 0 radical (unpaired) electrons. The van der Waals surface area contributed by atoms with Crippen molar-refractivity contribution in [3.63, 3.8) is 0 Å². The molecule has 2 rings (SSSR count). The van der Waals surface area contributed by atoms with Crippen molar-refractivity contribution < 1.29 is 9.53 Å². The highest BCUT2D eigenvalue weighted by Crippen LogP contribution is 2.20. The zero-order valence-corrected chi connectivity index (χ0v) is 13.4. The summed E-state index contributed by atoms with van der Waals surface area (Å²) in [5.41, 5.74) is 2.77. The van der Waals surface area contributed by atoms with E-state index >= 15 is 0 Å². The Morgan fingerprint density at radius 1 is 1.23 bits per heavy atom. The number of nitrogens with one attached hydrogen (secondary N) is 2. The monoisotopic (exact) mass is 318 g/mol. The van der Waals surface area contributed by atoms with E-state index in [4.69, 9.17) is 16.3 Å². The number of ether oxygens (including phenoxy) is 1. The Balaban J connectivity index is 1.82. The van der Waals surface area contributed by atoms with Crippen LogP contribution >= 0.6 is 11.6 Å². The number of carbonyl (C=O) groups is 1. The maximum absolute atomic E-state index is 11.9. The zero-order valence-electron chi connectivity index (χ0n) is 12.7. The molecule has 2 N–H and O–H groups in total. The summed E-state index contributed by atoms with van der Waals surface area (Å²) in [5.74, 6) is 0.667. The summed E-state index contributed by atoms with van der Waals surface area (Å²) in [7, 11) is 1.60. The van der Waals surface area contributed by atoms with E-state index in [2.05, 4.69) is 10.6 Å². The van der Waals surface area contributed by atoms with Crippen LogP contribution in [0.4, 0.5) is 11.4 Å². The normalized spacial score (nSPS) is 10.1. The lowest BCUT2D eigenvalue weighted by atomic mass is 10.2. The molecule has 0 aliphatic rings. The molecular weight excluding hydrogens is 300 g/mol. The molecule has 0 fully saturated rings. The number of methoxy groups -OCH3 is 1. The van der Waals surface area contributed by atoms with Crippen LogP contribution in [0.1, 0.15) is 12.0 Å². The Morgan fingerprint density at radius 2 is 2.05 bits per heavy atom. The number of hydrogen-bond acceptors (Lipinski definition) is 3. The fourth-order valence-electron chi connectivity index (χ4n) is 2.06. The molecule has 0 saturated heterocycles. The molecule has 2 aromatic rings. The number of amides is 1. The lowest BCUT2D eigenvalue weighted by Gasteiger charge is -2.10. The third kappa shape index (κ3) is 4.67. The molecule has 1 amide bonds. The first-order valence-corrected chi connectivity index (χ1v) is 7.40. The molecule has 2 aromatic carbocycles. The van der Waals surface area contributed by atoms with Crippen LogP contribution in [0.25, 0.3) is 0 Å². The second-order valence-corrected chi connectivity index (χ2v) is 5.35. The van der Waals surface area contributed by atoms with E-state index in [0.29, 0.717) is 23.7 Å². The molecule has 0 atom stereocenters. The van der Waals surface area contributed by atoms with Gasteiger partial charge in [0.15, 0.2) is 0 Å². The van der Waals surface area contributed by atoms with E-state index in [0.717, 1.165) is 16.9 Å². The van der Waals surface area contributed by atoms with E-state index in [9.17, 15) is 4.79 Å². The van der Waals surface area contributed by atoms with Crippen LogP contribution in [0.15, 0.2) is 42.5 Å². The van der Waals surface area contributed by atoms with Gasteiger partial charge in [0.05, 0.1) is 7.11 Å². The number of anilines is 2. The second-order valence-electron chi connectivity index (χ2n) is 4.92. The van der Waals surface area contributed by atoms with Gasteiger partial charge in [0.1, 0.15) is 5.75 Å². The molecule has 0 spiro atoms. The van der Waals surface area contributed by atoms with Gasteiger partial charge in [0.25, 0.3) is 0 Å². The highest BCUT2D eigenvalue weighted by Gasteiger charge is 2.04. The van der Waals surface area contributed by atoms with Gasteiger partial charge in [-0.1, -0.05) is 17.7 Å².